The highest BCUT2D eigenvalue weighted by atomic mass is 35.5. The molecule has 11 heteroatoms. The standard InChI is InChI=1S/C16H15ClN4O6/c1-9-10(2)15(23)20(5-6-27-8-22)16(24)14(9)19-18-12-4-3-11(17)7-13(12)21(25)26/h3-4,7-8,23H,5-6H2,1-2H3. The fourth-order valence-electron chi connectivity index (χ4n) is 2.28. The number of rotatable bonds is 7. The molecule has 2 rings (SSSR count). The third kappa shape index (κ3) is 4.29. The smallest absolute Gasteiger partial charge is 0.298 e. The van der Waals surface area contributed by atoms with Crippen molar-refractivity contribution in [3.63, 3.8) is 0 Å². The molecule has 1 heterocycles. The van der Waals surface area contributed by atoms with Crippen LogP contribution in [0.4, 0.5) is 17.1 Å². The fourth-order valence-corrected chi connectivity index (χ4v) is 2.45. The number of hydrogen-bond donors (Lipinski definition) is 1. The van der Waals surface area contributed by atoms with Crippen LogP contribution in [-0.4, -0.2) is 27.7 Å². The number of halogens is 1. The number of benzene rings is 1. The van der Waals surface area contributed by atoms with Crippen molar-refractivity contribution < 1.29 is 19.6 Å². The first kappa shape index (κ1) is 20.0. The van der Waals surface area contributed by atoms with E-state index >= 15 is 0 Å². The van der Waals surface area contributed by atoms with Crippen molar-refractivity contribution in [1.29, 1.82) is 0 Å². The SMILES string of the molecule is Cc1c(C)c(O)n(CCOC=O)c(=O)c1N=Nc1ccc(Cl)cc1[N+](=O)[O-]. The Bertz CT molecular complexity index is 986. The Morgan fingerprint density at radius 1 is 1.33 bits per heavy atom. The second kappa shape index (κ2) is 8.41. The molecule has 10 nitrogen and oxygen atoms in total. The van der Waals surface area contributed by atoms with Crippen molar-refractivity contribution in [3.05, 3.63) is 54.8 Å². The molecule has 0 aliphatic heterocycles. The van der Waals surface area contributed by atoms with Gasteiger partial charge in [-0.15, -0.1) is 10.2 Å². The van der Waals surface area contributed by atoms with Crippen molar-refractivity contribution >= 4 is 35.1 Å². The van der Waals surface area contributed by atoms with E-state index in [1.165, 1.54) is 12.1 Å². The third-order valence-corrected chi connectivity index (χ3v) is 4.08. The van der Waals surface area contributed by atoms with Crippen LogP contribution in [0.5, 0.6) is 5.88 Å². The lowest BCUT2D eigenvalue weighted by Gasteiger charge is -2.13. The van der Waals surface area contributed by atoms with Crippen LogP contribution in [0.2, 0.25) is 5.02 Å². The third-order valence-electron chi connectivity index (χ3n) is 3.85. The van der Waals surface area contributed by atoms with Crippen molar-refractivity contribution in [1.82, 2.24) is 4.57 Å². The van der Waals surface area contributed by atoms with Gasteiger partial charge in [0.15, 0.2) is 17.3 Å². The first-order chi connectivity index (χ1) is 12.8. The highest BCUT2D eigenvalue weighted by Gasteiger charge is 2.18. The Kier molecular flexibility index (Phi) is 6.24. The molecular formula is C16H15ClN4O6. The van der Waals surface area contributed by atoms with Crippen molar-refractivity contribution in [2.24, 2.45) is 10.2 Å². The van der Waals surface area contributed by atoms with Crippen molar-refractivity contribution in [3.8, 4) is 5.88 Å². The molecule has 0 atom stereocenters. The highest BCUT2D eigenvalue weighted by Crippen LogP contribution is 2.32. The maximum Gasteiger partial charge on any atom is 0.298 e. The first-order valence-electron chi connectivity index (χ1n) is 7.61. The minimum absolute atomic E-state index is 0.0789. The van der Waals surface area contributed by atoms with E-state index in [9.17, 15) is 24.8 Å². The number of carbonyl (C=O) groups excluding carboxylic acids is 1. The van der Waals surface area contributed by atoms with E-state index in [-0.39, 0.29) is 47.6 Å². The van der Waals surface area contributed by atoms with Crippen LogP contribution in [-0.2, 0) is 16.1 Å². The second-order valence-electron chi connectivity index (χ2n) is 5.44. The summed E-state index contributed by atoms with van der Waals surface area (Å²) in [5, 5.41) is 29.1. The number of nitrogens with zero attached hydrogens (tertiary/aromatic N) is 4. The Labute approximate surface area is 157 Å². The van der Waals surface area contributed by atoms with Gasteiger partial charge in [-0.3, -0.25) is 24.3 Å². The molecule has 2 aromatic rings. The number of azo groups is 1. The number of carbonyl (C=O) groups is 1. The van der Waals surface area contributed by atoms with E-state index in [2.05, 4.69) is 15.0 Å². The number of nitro benzene ring substituents is 1. The maximum absolute atomic E-state index is 12.6. The summed E-state index contributed by atoms with van der Waals surface area (Å²) in [7, 11) is 0. The highest BCUT2D eigenvalue weighted by molar-refractivity contribution is 6.30. The predicted octanol–water partition coefficient (Wildman–Crippen LogP) is 3.32. The normalized spacial score (nSPS) is 10.9. The molecule has 27 heavy (non-hydrogen) atoms. The number of ether oxygens (including phenoxy) is 1. The van der Waals surface area contributed by atoms with Gasteiger partial charge >= 0.3 is 0 Å². The maximum atomic E-state index is 12.6. The summed E-state index contributed by atoms with van der Waals surface area (Å²) in [4.78, 5) is 33.3. The van der Waals surface area contributed by atoms with Crippen molar-refractivity contribution in [2.75, 3.05) is 6.61 Å². The van der Waals surface area contributed by atoms with Crippen LogP contribution in [0, 0.1) is 24.0 Å². The Balaban J connectivity index is 2.53. The Hall–Kier alpha value is -3.27. The molecule has 1 N–H and O–H groups in total. The fraction of sp³-hybridized carbons (Fsp3) is 0.250. The lowest BCUT2D eigenvalue weighted by molar-refractivity contribution is -0.384. The average Bonchev–Trinajstić information content (AvgIpc) is 2.63. The molecule has 0 aliphatic rings. The van der Waals surface area contributed by atoms with E-state index in [0.29, 0.717) is 11.1 Å². The summed E-state index contributed by atoms with van der Waals surface area (Å²) >= 11 is 5.75. The number of pyridine rings is 1. The van der Waals surface area contributed by atoms with Crippen LogP contribution in [0.25, 0.3) is 0 Å². The minimum Gasteiger partial charge on any atom is -0.494 e. The average molecular weight is 395 g/mol. The number of aromatic hydroxyl groups is 1. The molecule has 1 aromatic heterocycles. The van der Waals surface area contributed by atoms with Gasteiger partial charge in [0.05, 0.1) is 11.5 Å². The molecule has 0 bridgehead atoms. The van der Waals surface area contributed by atoms with Crippen LogP contribution >= 0.6 is 11.6 Å². The summed E-state index contributed by atoms with van der Waals surface area (Å²) in [5.41, 5.74) is -0.472. The van der Waals surface area contributed by atoms with Gasteiger partial charge in [-0.25, -0.2) is 0 Å². The summed E-state index contributed by atoms with van der Waals surface area (Å²) in [5.74, 6) is -0.288. The van der Waals surface area contributed by atoms with E-state index in [0.717, 1.165) is 10.6 Å². The molecule has 1 aromatic carbocycles. The Morgan fingerprint density at radius 2 is 2.04 bits per heavy atom. The molecule has 142 valence electrons. The number of aromatic nitrogens is 1. The monoisotopic (exact) mass is 394 g/mol. The van der Waals surface area contributed by atoms with Gasteiger partial charge in [-0.1, -0.05) is 11.6 Å². The van der Waals surface area contributed by atoms with E-state index in [1.54, 1.807) is 13.8 Å². The van der Waals surface area contributed by atoms with Gasteiger partial charge in [0.2, 0.25) is 0 Å². The molecule has 0 fully saturated rings. The molecule has 0 saturated heterocycles. The minimum atomic E-state index is -0.675. The summed E-state index contributed by atoms with van der Waals surface area (Å²) < 4.78 is 5.53. The molecule has 0 radical (unpaired) electrons. The van der Waals surface area contributed by atoms with Gasteiger partial charge < -0.3 is 9.84 Å². The van der Waals surface area contributed by atoms with E-state index in [4.69, 9.17) is 11.6 Å². The molecule has 0 spiro atoms. The zero-order chi connectivity index (χ0) is 20.1. The van der Waals surface area contributed by atoms with Crippen LogP contribution in [0.15, 0.2) is 33.2 Å². The first-order valence-corrected chi connectivity index (χ1v) is 7.99. The Morgan fingerprint density at radius 3 is 2.67 bits per heavy atom. The van der Waals surface area contributed by atoms with Gasteiger partial charge in [-0.2, -0.15) is 0 Å². The lowest BCUT2D eigenvalue weighted by atomic mass is 10.1. The summed E-state index contributed by atoms with van der Waals surface area (Å²) in [6, 6.07) is 3.84. The second-order valence-corrected chi connectivity index (χ2v) is 5.87. The molecular weight excluding hydrogens is 380 g/mol. The van der Waals surface area contributed by atoms with Gasteiger partial charge in [-0.05, 0) is 31.5 Å². The zero-order valence-electron chi connectivity index (χ0n) is 14.4. The van der Waals surface area contributed by atoms with Crippen LogP contribution in [0.3, 0.4) is 0 Å². The topological polar surface area (TPSA) is 136 Å². The molecule has 0 unspecified atom stereocenters. The van der Waals surface area contributed by atoms with E-state index < -0.39 is 10.5 Å². The molecule has 0 amide bonds. The van der Waals surface area contributed by atoms with Crippen LogP contribution < -0.4 is 5.56 Å². The largest absolute Gasteiger partial charge is 0.494 e. The molecule has 0 aliphatic carbocycles. The van der Waals surface area contributed by atoms with Crippen molar-refractivity contribution in [2.45, 2.75) is 20.4 Å². The van der Waals surface area contributed by atoms with Gasteiger partial charge in [0.1, 0.15) is 6.61 Å². The quantitative estimate of drug-likeness (QED) is 0.251. The molecule has 0 saturated carbocycles. The number of nitro groups is 1. The number of hydrogen-bond acceptors (Lipinski definition) is 8. The predicted molar refractivity (Wildman–Crippen MR) is 96.1 cm³/mol. The van der Waals surface area contributed by atoms with Gasteiger partial charge in [0.25, 0.3) is 17.7 Å². The zero-order valence-corrected chi connectivity index (χ0v) is 15.1. The summed E-state index contributed by atoms with van der Waals surface area (Å²) in [6.07, 6.45) is 0. The van der Waals surface area contributed by atoms with Gasteiger partial charge in [0, 0.05) is 16.7 Å². The van der Waals surface area contributed by atoms with Crippen LogP contribution in [0.1, 0.15) is 11.1 Å². The summed E-state index contributed by atoms with van der Waals surface area (Å²) in [6.45, 7) is 3.15. The van der Waals surface area contributed by atoms with E-state index in [1.807, 2.05) is 0 Å². The lowest BCUT2D eigenvalue weighted by Crippen LogP contribution is -2.23.